The zero-order chi connectivity index (χ0) is 11.4. The molecule has 0 aliphatic carbocycles. The number of nitrogens with zero attached hydrogens (tertiary/aromatic N) is 2. The molecule has 0 fully saturated rings. The highest BCUT2D eigenvalue weighted by molar-refractivity contribution is 5.49. The summed E-state index contributed by atoms with van der Waals surface area (Å²) in [6.45, 7) is 0.441. The van der Waals surface area contributed by atoms with Crippen LogP contribution < -0.4 is 5.32 Å². The Balaban J connectivity index is 2.08. The quantitative estimate of drug-likeness (QED) is 0.856. The van der Waals surface area contributed by atoms with Crippen molar-refractivity contribution in [3.05, 3.63) is 47.9 Å². The minimum Gasteiger partial charge on any atom is -0.447 e. The van der Waals surface area contributed by atoms with Crippen molar-refractivity contribution in [2.75, 3.05) is 5.32 Å². The monoisotopic (exact) mass is 217 g/mol. The van der Waals surface area contributed by atoms with Crippen LogP contribution in [0.5, 0.6) is 0 Å². The molecule has 16 heavy (non-hydrogen) atoms. The van der Waals surface area contributed by atoms with Crippen molar-refractivity contribution >= 4 is 5.69 Å². The molecule has 0 aliphatic rings. The van der Waals surface area contributed by atoms with Gasteiger partial charge in [-0.3, -0.25) is 0 Å². The van der Waals surface area contributed by atoms with Gasteiger partial charge in [0.2, 0.25) is 0 Å². The second-order valence-electron chi connectivity index (χ2n) is 3.13. The van der Waals surface area contributed by atoms with Crippen LogP contribution in [-0.4, -0.2) is 4.98 Å². The lowest BCUT2D eigenvalue weighted by molar-refractivity contribution is 0.511. The van der Waals surface area contributed by atoms with Crippen LogP contribution >= 0.6 is 0 Å². The summed E-state index contributed by atoms with van der Waals surface area (Å²) in [6, 6.07) is 6.04. The number of hydrogen-bond donors (Lipinski definition) is 1. The van der Waals surface area contributed by atoms with Gasteiger partial charge in [0.25, 0.3) is 0 Å². The Morgan fingerprint density at radius 1 is 1.50 bits per heavy atom. The number of oxazole rings is 1. The molecule has 5 heteroatoms. The minimum atomic E-state index is -0.521. The fraction of sp³-hybridized carbons (Fsp3) is 0.0909. The van der Waals surface area contributed by atoms with E-state index in [2.05, 4.69) is 10.3 Å². The van der Waals surface area contributed by atoms with Gasteiger partial charge in [0.15, 0.2) is 6.39 Å². The molecule has 1 aromatic heterocycles. The molecule has 0 atom stereocenters. The molecule has 0 saturated carbocycles. The van der Waals surface area contributed by atoms with Crippen molar-refractivity contribution in [1.29, 1.82) is 5.26 Å². The average molecular weight is 217 g/mol. The number of rotatable bonds is 3. The maximum absolute atomic E-state index is 13.0. The summed E-state index contributed by atoms with van der Waals surface area (Å²) in [6.07, 6.45) is 2.92. The summed E-state index contributed by atoms with van der Waals surface area (Å²) in [4.78, 5) is 3.76. The van der Waals surface area contributed by atoms with Crippen molar-refractivity contribution in [3.8, 4) is 6.07 Å². The fourth-order valence-electron chi connectivity index (χ4n) is 1.24. The first-order valence-electron chi connectivity index (χ1n) is 4.60. The van der Waals surface area contributed by atoms with E-state index in [1.807, 2.05) is 0 Å². The molecule has 4 nitrogen and oxygen atoms in total. The molecule has 0 spiro atoms. The Hall–Kier alpha value is -2.35. The Kier molecular flexibility index (Phi) is 2.83. The maximum atomic E-state index is 13.0. The van der Waals surface area contributed by atoms with Crippen molar-refractivity contribution in [1.82, 2.24) is 4.98 Å². The molecule has 2 rings (SSSR count). The van der Waals surface area contributed by atoms with Gasteiger partial charge >= 0.3 is 0 Å². The lowest BCUT2D eigenvalue weighted by Gasteiger charge is -2.04. The van der Waals surface area contributed by atoms with E-state index in [0.717, 1.165) is 0 Å². The first-order chi connectivity index (χ1) is 7.79. The van der Waals surface area contributed by atoms with E-state index in [9.17, 15) is 4.39 Å². The molecule has 0 bridgehead atoms. The van der Waals surface area contributed by atoms with Gasteiger partial charge in [0.05, 0.1) is 18.3 Å². The molecule has 0 unspecified atom stereocenters. The molecule has 80 valence electrons. The van der Waals surface area contributed by atoms with Gasteiger partial charge in [0, 0.05) is 5.69 Å². The lowest BCUT2D eigenvalue weighted by Crippen LogP contribution is -1.99. The van der Waals surface area contributed by atoms with E-state index in [1.54, 1.807) is 18.3 Å². The molecular weight excluding hydrogens is 209 g/mol. The van der Waals surface area contributed by atoms with Crippen LogP contribution in [0.15, 0.2) is 35.2 Å². The lowest BCUT2D eigenvalue weighted by atomic mass is 10.2. The van der Waals surface area contributed by atoms with Gasteiger partial charge < -0.3 is 9.73 Å². The topological polar surface area (TPSA) is 61.9 Å². The van der Waals surface area contributed by atoms with E-state index < -0.39 is 5.82 Å². The molecule has 1 aromatic carbocycles. The molecule has 0 radical (unpaired) electrons. The summed E-state index contributed by atoms with van der Waals surface area (Å²) in [7, 11) is 0. The zero-order valence-corrected chi connectivity index (χ0v) is 8.27. The first kappa shape index (κ1) is 10.2. The number of halogens is 1. The predicted octanol–water partition coefficient (Wildman–Crippen LogP) is 2.30. The summed E-state index contributed by atoms with van der Waals surface area (Å²) in [5.74, 6) is 0.149. The Morgan fingerprint density at radius 3 is 3.06 bits per heavy atom. The molecule has 0 saturated heterocycles. The van der Waals surface area contributed by atoms with Crippen LogP contribution in [0.4, 0.5) is 10.1 Å². The molecule has 0 amide bonds. The van der Waals surface area contributed by atoms with E-state index in [4.69, 9.17) is 9.68 Å². The number of aromatic nitrogens is 1. The van der Waals surface area contributed by atoms with E-state index in [-0.39, 0.29) is 5.56 Å². The van der Waals surface area contributed by atoms with E-state index in [1.165, 1.54) is 18.5 Å². The molecule has 0 aliphatic heterocycles. The van der Waals surface area contributed by atoms with Crippen LogP contribution in [0.3, 0.4) is 0 Å². The van der Waals surface area contributed by atoms with Crippen molar-refractivity contribution in [2.45, 2.75) is 6.54 Å². The van der Waals surface area contributed by atoms with Gasteiger partial charge in [-0.2, -0.15) is 5.26 Å². The van der Waals surface area contributed by atoms with Gasteiger partial charge in [-0.05, 0) is 18.2 Å². The Morgan fingerprint density at radius 2 is 2.38 bits per heavy atom. The second kappa shape index (κ2) is 4.45. The van der Waals surface area contributed by atoms with Crippen LogP contribution in [-0.2, 0) is 6.54 Å². The van der Waals surface area contributed by atoms with E-state index >= 15 is 0 Å². The van der Waals surface area contributed by atoms with Gasteiger partial charge in [-0.25, -0.2) is 9.37 Å². The first-order valence-corrected chi connectivity index (χ1v) is 4.60. The average Bonchev–Trinajstić information content (AvgIpc) is 2.81. The standard InChI is InChI=1S/C11H8FN3O/c12-11-2-1-9(3-8(11)4-13)15-6-10-5-14-7-16-10/h1-3,5,7,15H,6H2. The molecule has 2 aromatic rings. The molecule has 1 heterocycles. The number of benzene rings is 1. The smallest absolute Gasteiger partial charge is 0.180 e. The Labute approximate surface area is 91.3 Å². The van der Waals surface area contributed by atoms with Crippen LogP contribution in [0, 0.1) is 17.1 Å². The molecule has 1 N–H and O–H groups in total. The largest absolute Gasteiger partial charge is 0.447 e. The maximum Gasteiger partial charge on any atom is 0.180 e. The molecular formula is C11H8FN3O. The third-order valence-corrected chi connectivity index (χ3v) is 2.04. The van der Waals surface area contributed by atoms with Gasteiger partial charge in [0.1, 0.15) is 17.6 Å². The third kappa shape index (κ3) is 2.17. The van der Waals surface area contributed by atoms with Crippen molar-refractivity contribution < 1.29 is 8.81 Å². The number of nitriles is 1. The fourth-order valence-corrected chi connectivity index (χ4v) is 1.24. The normalized spacial score (nSPS) is 9.75. The number of nitrogens with one attached hydrogen (secondary N) is 1. The van der Waals surface area contributed by atoms with Crippen LogP contribution in [0.25, 0.3) is 0 Å². The summed E-state index contributed by atoms with van der Waals surface area (Å²) >= 11 is 0. The highest BCUT2D eigenvalue weighted by Gasteiger charge is 2.03. The minimum absolute atomic E-state index is 0.0163. The highest BCUT2D eigenvalue weighted by atomic mass is 19.1. The van der Waals surface area contributed by atoms with Crippen molar-refractivity contribution in [2.24, 2.45) is 0 Å². The zero-order valence-electron chi connectivity index (χ0n) is 8.27. The van der Waals surface area contributed by atoms with Gasteiger partial charge in [-0.1, -0.05) is 0 Å². The second-order valence-corrected chi connectivity index (χ2v) is 3.13. The number of hydrogen-bond acceptors (Lipinski definition) is 4. The Bertz CT molecular complexity index is 517. The SMILES string of the molecule is N#Cc1cc(NCc2cnco2)ccc1F. The third-order valence-electron chi connectivity index (χ3n) is 2.04. The predicted molar refractivity (Wildman–Crippen MR) is 54.9 cm³/mol. The van der Waals surface area contributed by atoms with Crippen LogP contribution in [0.1, 0.15) is 11.3 Å². The van der Waals surface area contributed by atoms with Crippen molar-refractivity contribution in [3.63, 3.8) is 0 Å². The summed E-state index contributed by atoms with van der Waals surface area (Å²) in [5, 5.41) is 11.6. The van der Waals surface area contributed by atoms with Gasteiger partial charge in [-0.15, -0.1) is 0 Å². The highest BCUT2D eigenvalue weighted by Crippen LogP contribution is 2.14. The number of anilines is 1. The van der Waals surface area contributed by atoms with E-state index in [0.29, 0.717) is 18.0 Å². The summed E-state index contributed by atoms with van der Waals surface area (Å²) in [5.41, 5.74) is 0.678. The van der Waals surface area contributed by atoms with Crippen LogP contribution in [0.2, 0.25) is 0 Å². The summed E-state index contributed by atoms with van der Waals surface area (Å²) < 4.78 is 18.0.